The number of carbonyl (C=O) groups excluding carboxylic acids is 2. The van der Waals surface area contributed by atoms with Gasteiger partial charge in [-0.3, -0.25) is 4.79 Å². The number of carbonyl (C=O) groups is 2. The van der Waals surface area contributed by atoms with E-state index in [1.807, 2.05) is 32.3 Å². The van der Waals surface area contributed by atoms with Crippen molar-refractivity contribution in [1.82, 2.24) is 4.90 Å². The maximum absolute atomic E-state index is 12.7. The van der Waals surface area contributed by atoms with Crippen LogP contribution < -0.4 is 4.74 Å². The lowest BCUT2D eigenvalue weighted by atomic mass is 9.83. The van der Waals surface area contributed by atoms with Crippen LogP contribution >= 0.6 is 23.2 Å². The van der Waals surface area contributed by atoms with Crippen molar-refractivity contribution in [3.8, 4) is 5.75 Å². The Morgan fingerprint density at radius 2 is 1.81 bits per heavy atom. The molecule has 2 aromatic carbocycles. The van der Waals surface area contributed by atoms with Crippen molar-refractivity contribution in [2.45, 2.75) is 19.3 Å². The fraction of sp³-hybridized carbons (Fsp3) is 0.280. The molecule has 1 aliphatic rings. The molecule has 0 aliphatic heterocycles. The van der Waals surface area contributed by atoms with E-state index in [2.05, 4.69) is 4.90 Å². The maximum Gasteiger partial charge on any atom is 0.336 e. The number of allylic oxidation sites excluding steroid dienone is 1. The van der Waals surface area contributed by atoms with Crippen LogP contribution in [-0.4, -0.2) is 37.3 Å². The summed E-state index contributed by atoms with van der Waals surface area (Å²) in [5.41, 5.74) is 2.53. The lowest BCUT2D eigenvalue weighted by Gasteiger charge is -2.25. The van der Waals surface area contributed by atoms with E-state index < -0.39 is 5.97 Å². The summed E-state index contributed by atoms with van der Waals surface area (Å²) in [6.07, 6.45) is 7.66. The highest BCUT2D eigenvalue weighted by Gasteiger charge is 2.26. The third kappa shape index (κ3) is 6.79. The molecule has 162 valence electrons. The summed E-state index contributed by atoms with van der Waals surface area (Å²) in [6, 6.07) is 12.2. The van der Waals surface area contributed by atoms with E-state index >= 15 is 0 Å². The molecule has 1 saturated carbocycles. The zero-order valence-corrected chi connectivity index (χ0v) is 19.1. The van der Waals surface area contributed by atoms with E-state index in [9.17, 15) is 9.59 Å². The fourth-order valence-electron chi connectivity index (χ4n) is 3.58. The van der Waals surface area contributed by atoms with Crippen LogP contribution in [-0.2, 0) is 9.59 Å². The molecule has 0 aromatic heterocycles. The van der Waals surface area contributed by atoms with Crippen LogP contribution in [0.3, 0.4) is 0 Å². The van der Waals surface area contributed by atoms with Gasteiger partial charge in [-0.1, -0.05) is 41.4 Å². The van der Waals surface area contributed by atoms with Gasteiger partial charge < -0.3 is 9.64 Å². The largest absolute Gasteiger partial charge is 0.423 e. The minimum absolute atomic E-state index is 0.0672. The second-order valence-electron chi connectivity index (χ2n) is 7.88. The van der Waals surface area contributed by atoms with Crippen molar-refractivity contribution in [3.63, 3.8) is 0 Å². The van der Waals surface area contributed by atoms with Crippen LogP contribution in [0.25, 0.3) is 12.2 Å². The number of esters is 1. The molecule has 1 aliphatic carbocycles. The van der Waals surface area contributed by atoms with Crippen molar-refractivity contribution in [2.24, 2.45) is 5.92 Å². The Labute approximate surface area is 193 Å². The van der Waals surface area contributed by atoms with Gasteiger partial charge in [0.25, 0.3) is 0 Å². The Morgan fingerprint density at radius 3 is 2.48 bits per heavy atom. The molecule has 1 atom stereocenters. The molecule has 0 N–H and O–H groups in total. The summed E-state index contributed by atoms with van der Waals surface area (Å²) < 4.78 is 5.34. The molecule has 0 bridgehead atoms. The van der Waals surface area contributed by atoms with Crippen LogP contribution in [0, 0.1) is 5.92 Å². The highest BCUT2D eigenvalue weighted by atomic mass is 35.5. The van der Waals surface area contributed by atoms with Crippen molar-refractivity contribution in [3.05, 3.63) is 75.3 Å². The first-order valence-electron chi connectivity index (χ1n) is 10.2. The fourth-order valence-corrected chi connectivity index (χ4v) is 3.88. The molecule has 6 heteroatoms. The van der Waals surface area contributed by atoms with Gasteiger partial charge in [-0.2, -0.15) is 0 Å². The van der Waals surface area contributed by atoms with Gasteiger partial charge in [0.05, 0.1) is 10.0 Å². The first-order valence-corrected chi connectivity index (χ1v) is 10.9. The smallest absolute Gasteiger partial charge is 0.336 e. The van der Waals surface area contributed by atoms with E-state index in [1.165, 1.54) is 6.08 Å². The van der Waals surface area contributed by atoms with Crippen molar-refractivity contribution >= 4 is 47.1 Å². The number of ketones is 1. The summed E-state index contributed by atoms with van der Waals surface area (Å²) in [6.45, 7) is 0.779. The SMILES string of the molecule is CN(C)CC1CCCC(=Cc2ccc(OC(=O)C=Cc3ccc(Cl)c(Cl)c3)cc2)C1=O. The molecule has 0 amide bonds. The molecule has 0 heterocycles. The Balaban J connectivity index is 1.61. The lowest BCUT2D eigenvalue weighted by Crippen LogP contribution is -2.31. The third-order valence-corrected chi connectivity index (χ3v) is 5.81. The van der Waals surface area contributed by atoms with E-state index in [0.717, 1.165) is 42.5 Å². The van der Waals surface area contributed by atoms with Gasteiger partial charge in [-0.05, 0) is 86.5 Å². The quantitative estimate of drug-likeness (QED) is 0.306. The Hall–Kier alpha value is -2.40. The molecule has 31 heavy (non-hydrogen) atoms. The average Bonchev–Trinajstić information content (AvgIpc) is 2.73. The molecule has 0 saturated heterocycles. The highest BCUT2D eigenvalue weighted by Crippen LogP contribution is 2.28. The predicted molar refractivity (Wildman–Crippen MR) is 126 cm³/mol. The second-order valence-corrected chi connectivity index (χ2v) is 8.70. The molecule has 1 unspecified atom stereocenters. The Kier molecular flexibility index (Phi) is 8.08. The van der Waals surface area contributed by atoms with Crippen LogP contribution in [0.1, 0.15) is 30.4 Å². The number of Topliss-reactive ketones (excluding diaryl/α,β-unsaturated/α-hetero) is 1. The van der Waals surface area contributed by atoms with Gasteiger partial charge >= 0.3 is 5.97 Å². The summed E-state index contributed by atoms with van der Waals surface area (Å²) in [4.78, 5) is 26.9. The van der Waals surface area contributed by atoms with E-state index in [-0.39, 0.29) is 11.7 Å². The Morgan fingerprint density at radius 1 is 1.10 bits per heavy atom. The minimum atomic E-state index is -0.494. The number of hydrogen-bond acceptors (Lipinski definition) is 4. The Bertz CT molecular complexity index is 1010. The van der Waals surface area contributed by atoms with Crippen molar-refractivity contribution in [2.75, 3.05) is 20.6 Å². The number of halogens is 2. The summed E-state index contributed by atoms with van der Waals surface area (Å²) in [5, 5.41) is 0.881. The lowest BCUT2D eigenvalue weighted by molar-refractivity contribution is -0.129. The molecule has 0 spiro atoms. The number of hydrogen-bond donors (Lipinski definition) is 0. The number of benzene rings is 2. The molecule has 3 rings (SSSR count). The standard InChI is InChI=1S/C25H25Cl2NO3/c1-28(2)16-20-5-3-4-19(25(20)30)14-17-6-10-21(11-7-17)31-24(29)13-9-18-8-12-22(26)23(27)15-18/h6-15,20H,3-5,16H2,1-2H3. The summed E-state index contributed by atoms with van der Waals surface area (Å²) in [7, 11) is 3.98. The average molecular weight is 458 g/mol. The second kappa shape index (κ2) is 10.8. The molecular weight excluding hydrogens is 433 g/mol. The van der Waals surface area contributed by atoms with Gasteiger partial charge in [0.1, 0.15) is 5.75 Å². The summed E-state index contributed by atoms with van der Waals surface area (Å²) in [5.74, 6) is 0.248. The van der Waals surface area contributed by atoms with Gasteiger partial charge in [-0.15, -0.1) is 0 Å². The topological polar surface area (TPSA) is 46.6 Å². The van der Waals surface area contributed by atoms with Gasteiger partial charge in [0.2, 0.25) is 0 Å². The van der Waals surface area contributed by atoms with Crippen LogP contribution in [0.5, 0.6) is 5.75 Å². The number of rotatable bonds is 6. The minimum Gasteiger partial charge on any atom is -0.423 e. The molecule has 1 fully saturated rings. The maximum atomic E-state index is 12.7. The zero-order chi connectivity index (χ0) is 22.4. The van der Waals surface area contributed by atoms with Gasteiger partial charge in [0, 0.05) is 18.5 Å². The van der Waals surface area contributed by atoms with E-state index in [1.54, 1.807) is 36.4 Å². The van der Waals surface area contributed by atoms with Crippen molar-refractivity contribution < 1.29 is 14.3 Å². The van der Waals surface area contributed by atoms with Crippen molar-refractivity contribution in [1.29, 1.82) is 0 Å². The zero-order valence-electron chi connectivity index (χ0n) is 17.6. The predicted octanol–water partition coefficient (Wildman–Crippen LogP) is 5.93. The van der Waals surface area contributed by atoms with E-state index in [0.29, 0.717) is 15.8 Å². The molecule has 0 radical (unpaired) electrons. The highest BCUT2D eigenvalue weighted by molar-refractivity contribution is 6.42. The molecule has 2 aromatic rings. The van der Waals surface area contributed by atoms with Crippen LogP contribution in [0.4, 0.5) is 0 Å². The molecule has 4 nitrogen and oxygen atoms in total. The third-order valence-electron chi connectivity index (χ3n) is 5.07. The van der Waals surface area contributed by atoms with Gasteiger partial charge in [-0.25, -0.2) is 4.79 Å². The normalized spacial score (nSPS) is 18.2. The number of nitrogens with zero attached hydrogens (tertiary/aromatic N) is 1. The number of ether oxygens (including phenoxy) is 1. The van der Waals surface area contributed by atoms with Gasteiger partial charge in [0.15, 0.2) is 5.78 Å². The van der Waals surface area contributed by atoms with Crippen LogP contribution in [0.2, 0.25) is 10.0 Å². The monoisotopic (exact) mass is 457 g/mol. The summed E-state index contributed by atoms with van der Waals surface area (Å²) >= 11 is 11.9. The first kappa shape index (κ1) is 23.3. The van der Waals surface area contributed by atoms with E-state index in [4.69, 9.17) is 27.9 Å². The molecular formula is C25H25Cl2NO3. The first-order chi connectivity index (χ1) is 14.8. The van der Waals surface area contributed by atoms with Crippen LogP contribution in [0.15, 0.2) is 54.1 Å².